The molecular formula is C20H25N3O3. The zero-order chi connectivity index (χ0) is 18.4. The van der Waals surface area contributed by atoms with Crippen molar-refractivity contribution in [3.63, 3.8) is 0 Å². The van der Waals surface area contributed by atoms with Crippen molar-refractivity contribution < 1.29 is 14.3 Å². The number of pyridine rings is 1. The van der Waals surface area contributed by atoms with Crippen LogP contribution < -0.4 is 10.2 Å². The molecular weight excluding hydrogens is 330 g/mol. The first kappa shape index (κ1) is 18.4. The fourth-order valence-electron chi connectivity index (χ4n) is 3.07. The number of amides is 1. The molecule has 0 bridgehead atoms. The maximum Gasteiger partial charge on any atom is 0.252 e. The molecule has 3 rings (SSSR count). The summed E-state index contributed by atoms with van der Waals surface area (Å²) in [5, 5.41) is 2.80. The lowest BCUT2D eigenvalue weighted by Gasteiger charge is -2.37. The molecule has 1 saturated heterocycles. The van der Waals surface area contributed by atoms with Crippen LogP contribution in [0.2, 0.25) is 0 Å². The molecule has 26 heavy (non-hydrogen) atoms. The quantitative estimate of drug-likeness (QED) is 0.807. The Bertz CT molecular complexity index is 706. The first-order valence-corrected chi connectivity index (χ1v) is 8.86. The number of hydrogen-bond donors (Lipinski definition) is 1. The number of benzene rings is 1. The Hall–Kier alpha value is -2.44. The Labute approximate surface area is 154 Å². The van der Waals surface area contributed by atoms with Gasteiger partial charge in [0.15, 0.2) is 0 Å². The number of nitrogens with zero attached hydrogens (tertiary/aromatic N) is 2. The van der Waals surface area contributed by atoms with Gasteiger partial charge in [0.2, 0.25) is 0 Å². The number of aromatic nitrogens is 1. The molecule has 6 nitrogen and oxygen atoms in total. The molecule has 1 aliphatic rings. The Morgan fingerprint density at radius 2 is 2.08 bits per heavy atom. The number of methoxy groups -OCH3 is 1. The van der Waals surface area contributed by atoms with Gasteiger partial charge in [-0.15, -0.1) is 0 Å². The van der Waals surface area contributed by atoms with Gasteiger partial charge in [0.05, 0.1) is 18.3 Å². The second-order valence-electron chi connectivity index (χ2n) is 6.40. The van der Waals surface area contributed by atoms with Gasteiger partial charge in [-0.25, -0.2) is 4.98 Å². The Morgan fingerprint density at radius 1 is 1.27 bits per heavy atom. The van der Waals surface area contributed by atoms with Gasteiger partial charge in [-0.3, -0.25) is 4.79 Å². The lowest BCUT2D eigenvalue weighted by molar-refractivity contribution is -0.0176. The number of hydrogen-bond acceptors (Lipinski definition) is 5. The summed E-state index contributed by atoms with van der Waals surface area (Å²) in [4.78, 5) is 18.8. The highest BCUT2D eigenvalue weighted by Gasteiger charge is 2.27. The third-order valence-electron chi connectivity index (χ3n) is 4.36. The summed E-state index contributed by atoms with van der Waals surface area (Å²) < 4.78 is 11.0. The highest BCUT2D eigenvalue weighted by atomic mass is 16.5. The molecule has 1 amide bonds. The van der Waals surface area contributed by atoms with E-state index in [0.29, 0.717) is 18.7 Å². The molecule has 0 radical (unpaired) electrons. The van der Waals surface area contributed by atoms with Gasteiger partial charge < -0.3 is 19.7 Å². The van der Waals surface area contributed by atoms with Crippen LogP contribution in [0.4, 0.5) is 5.82 Å². The number of rotatable bonds is 6. The molecule has 1 aromatic heterocycles. The number of carbonyl (C=O) groups is 1. The van der Waals surface area contributed by atoms with E-state index in [1.807, 2.05) is 30.3 Å². The van der Waals surface area contributed by atoms with Crippen LogP contribution in [-0.4, -0.2) is 50.3 Å². The standard InChI is InChI=1S/C20H25N3O3/c1-15-13-23(14-18(26-15)16-6-4-3-5-7-16)19-9-8-17(12-22-19)20(24)21-10-11-25-2/h3-9,12,15,18H,10-11,13-14H2,1-2H3,(H,21,24). The predicted molar refractivity (Wildman–Crippen MR) is 100 cm³/mol. The molecule has 2 aromatic rings. The first-order chi connectivity index (χ1) is 12.7. The Balaban J connectivity index is 1.67. The van der Waals surface area contributed by atoms with Crippen LogP contribution in [0.5, 0.6) is 0 Å². The molecule has 0 spiro atoms. The van der Waals surface area contributed by atoms with Crippen LogP contribution in [-0.2, 0) is 9.47 Å². The molecule has 6 heteroatoms. The summed E-state index contributed by atoms with van der Waals surface area (Å²) in [5.74, 6) is 0.716. The van der Waals surface area contributed by atoms with Crippen molar-refractivity contribution in [1.29, 1.82) is 0 Å². The molecule has 1 fully saturated rings. The van der Waals surface area contributed by atoms with Crippen molar-refractivity contribution in [2.45, 2.75) is 19.1 Å². The third-order valence-corrected chi connectivity index (χ3v) is 4.36. The molecule has 1 aliphatic heterocycles. The van der Waals surface area contributed by atoms with E-state index in [1.54, 1.807) is 13.3 Å². The summed E-state index contributed by atoms with van der Waals surface area (Å²) >= 11 is 0. The largest absolute Gasteiger partial charge is 0.383 e. The maximum absolute atomic E-state index is 12.1. The minimum Gasteiger partial charge on any atom is -0.383 e. The van der Waals surface area contributed by atoms with E-state index in [4.69, 9.17) is 9.47 Å². The lowest BCUT2D eigenvalue weighted by Crippen LogP contribution is -2.43. The molecule has 1 N–H and O–H groups in total. The van der Waals surface area contributed by atoms with Crippen molar-refractivity contribution in [2.24, 2.45) is 0 Å². The van der Waals surface area contributed by atoms with Gasteiger partial charge in [0, 0.05) is 32.9 Å². The van der Waals surface area contributed by atoms with Crippen molar-refractivity contribution in [3.8, 4) is 0 Å². The second kappa shape index (κ2) is 8.78. The Kier molecular flexibility index (Phi) is 6.20. The highest BCUT2D eigenvalue weighted by molar-refractivity contribution is 5.94. The lowest BCUT2D eigenvalue weighted by atomic mass is 10.1. The van der Waals surface area contributed by atoms with Crippen molar-refractivity contribution >= 4 is 11.7 Å². The monoisotopic (exact) mass is 355 g/mol. The van der Waals surface area contributed by atoms with E-state index in [-0.39, 0.29) is 18.1 Å². The number of anilines is 1. The van der Waals surface area contributed by atoms with E-state index in [1.165, 1.54) is 0 Å². The maximum atomic E-state index is 12.1. The second-order valence-corrected chi connectivity index (χ2v) is 6.40. The van der Waals surface area contributed by atoms with Gasteiger partial charge >= 0.3 is 0 Å². The topological polar surface area (TPSA) is 63.7 Å². The molecule has 0 saturated carbocycles. The fourth-order valence-corrected chi connectivity index (χ4v) is 3.07. The SMILES string of the molecule is COCCNC(=O)c1ccc(N2CC(C)OC(c3ccccc3)C2)nc1. The zero-order valence-corrected chi connectivity index (χ0v) is 15.2. The average Bonchev–Trinajstić information content (AvgIpc) is 2.68. The van der Waals surface area contributed by atoms with Crippen molar-refractivity contribution in [1.82, 2.24) is 10.3 Å². The third kappa shape index (κ3) is 4.59. The predicted octanol–water partition coefficient (Wildman–Crippen LogP) is 2.42. The van der Waals surface area contributed by atoms with Gasteiger partial charge in [0.1, 0.15) is 11.9 Å². The van der Waals surface area contributed by atoms with Gasteiger partial charge in [-0.05, 0) is 24.6 Å². The summed E-state index contributed by atoms with van der Waals surface area (Å²) in [5.41, 5.74) is 1.71. The van der Waals surface area contributed by atoms with Crippen LogP contribution in [0, 0.1) is 0 Å². The molecule has 0 aliphatic carbocycles. The first-order valence-electron chi connectivity index (χ1n) is 8.86. The average molecular weight is 355 g/mol. The van der Waals surface area contributed by atoms with Crippen LogP contribution in [0.1, 0.15) is 28.9 Å². The van der Waals surface area contributed by atoms with Crippen LogP contribution in [0.25, 0.3) is 0 Å². The Morgan fingerprint density at radius 3 is 2.77 bits per heavy atom. The smallest absolute Gasteiger partial charge is 0.252 e. The zero-order valence-electron chi connectivity index (χ0n) is 15.2. The van der Waals surface area contributed by atoms with E-state index in [9.17, 15) is 4.79 Å². The molecule has 2 unspecified atom stereocenters. The number of carbonyl (C=O) groups excluding carboxylic acids is 1. The minimum atomic E-state index is -0.140. The minimum absolute atomic E-state index is 0.0127. The van der Waals surface area contributed by atoms with Crippen molar-refractivity contribution in [2.75, 3.05) is 38.3 Å². The van der Waals surface area contributed by atoms with E-state index in [0.717, 1.165) is 24.5 Å². The summed E-state index contributed by atoms with van der Waals surface area (Å²) in [7, 11) is 1.61. The normalized spacial score (nSPS) is 20.0. The van der Waals surface area contributed by atoms with E-state index >= 15 is 0 Å². The number of nitrogens with one attached hydrogen (secondary N) is 1. The molecule has 2 atom stereocenters. The van der Waals surface area contributed by atoms with Gasteiger partial charge in [-0.2, -0.15) is 0 Å². The number of ether oxygens (including phenoxy) is 2. The van der Waals surface area contributed by atoms with Crippen molar-refractivity contribution in [3.05, 3.63) is 59.8 Å². The van der Waals surface area contributed by atoms with Crippen LogP contribution in [0.3, 0.4) is 0 Å². The van der Waals surface area contributed by atoms with Crippen LogP contribution >= 0.6 is 0 Å². The molecule has 2 heterocycles. The van der Waals surface area contributed by atoms with Gasteiger partial charge in [0.25, 0.3) is 5.91 Å². The van der Waals surface area contributed by atoms with Gasteiger partial charge in [-0.1, -0.05) is 30.3 Å². The van der Waals surface area contributed by atoms with Crippen LogP contribution in [0.15, 0.2) is 48.7 Å². The highest BCUT2D eigenvalue weighted by Crippen LogP contribution is 2.27. The number of morpholine rings is 1. The van der Waals surface area contributed by atoms with E-state index < -0.39 is 0 Å². The summed E-state index contributed by atoms with van der Waals surface area (Å²) in [6.07, 6.45) is 1.74. The molecule has 1 aromatic carbocycles. The van der Waals surface area contributed by atoms with E-state index in [2.05, 4.69) is 34.3 Å². The summed E-state index contributed by atoms with van der Waals surface area (Å²) in [6, 6.07) is 13.9. The fraction of sp³-hybridized carbons (Fsp3) is 0.400. The molecule has 138 valence electrons. The summed E-state index contributed by atoms with van der Waals surface area (Å²) in [6.45, 7) is 4.55.